The largest absolute Gasteiger partial charge is 0.341 e. The van der Waals surface area contributed by atoms with Crippen molar-refractivity contribution < 1.29 is 0 Å². The maximum atomic E-state index is 2.65. The number of fused-ring (bicyclic) bond motifs is 1. The summed E-state index contributed by atoms with van der Waals surface area (Å²) in [5, 5.41) is 2.64. The minimum Gasteiger partial charge on any atom is -0.341 e. The Hall–Kier alpha value is -1.42. The second kappa shape index (κ2) is 7.43. The number of benzene rings is 3. The lowest BCUT2D eigenvalue weighted by Crippen LogP contribution is -1.89. The van der Waals surface area contributed by atoms with Crippen LogP contribution in [-0.2, 0) is 6.42 Å². The predicted molar refractivity (Wildman–Crippen MR) is 110 cm³/mol. The van der Waals surface area contributed by atoms with Gasteiger partial charge in [0.05, 0.1) is 0 Å². The Morgan fingerprint density at radius 2 is 1.43 bits per heavy atom. The highest BCUT2D eigenvalue weighted by Crippen LogP contribution is 2.29. The normalized spacial score (nSPS) is 10.9. The molecule has 2 unspecified atom stereocenters. The van der Waals surface area contributed by atoms with Crippen LogP contribution in [0.4, 0.5) is 5.69 Å². The summed E-state index contributed by atoms with van der Waals surface area (Å²) < 4.78 is 1.96. The van der Waals surface area contributed by atoms with Crippen LogP contribution in [0.3, 0.4) is 0 Å². The lowest BCUT2D eigenvalue weighted by atomic mass is 9.98. The molecule has 0 aliphatic rings. The summed E-state index contributed by atoms with van der Waals surface area (Å²) in [6.07, 6.45) is 3.69. The molecular formula is C20H23NP2. The lowest BCUT2D eigenvalue weighted by molar-refractivity contribution is 0.796. The minimum absolute atomic E-state index is 1.16. The predicted octanol–water partition coefficient (Wildman–Crippen LogP) is 6.24. The molecule has 0 aliphatic heterocycles. The van der Waals surface area contributed by atoms with Gasteiger partial charge in [-0.2, -0.15) is 0 Å². The van der Waals surface area contributed by atoms with Crippen molar-refractivity contribution in [2.75, 3.05) is 4.44 Å². The molecule has 0 aromatic heterocycles. The van der Waals surface area contributed by atoms with E-state index in [4.69, 9.17) is 0 Å². The third kappa shape index (κ3) is 3.92. The highest BCUT2D eigenvalue weighted by Gasteiger charge is 2.02. The van der Waals surface area contributed by atoms with Crippen molar-refractivity contribution in [3.05, 3.63) is 66.2 Å². The monoisotopic (exact) mass is 339 g/mol. The molecular weight excluding hydrogens is 316 g/mol. The minimum atomic E-state index is 1.16. The molecule has 3 aromatic carbocycles. The molecule has 23 heavy (non-hydrogen) atoms. The SMILES string of the molecule is CCCCc1ccc2cc(-c3ccc(N(P)P)cc3)ccc2c1. The number of nitrogens with zero attached hydrogens (tertiary/aromatic N) is 1. The van der Waals surface area contributed by atoms with E-state index in [2.05, 4.69) is 86.4 Å². The van der Waals surface area contributed by atoms with Gasteiger partial charge in [0.2, 0.25) is 0 Å². The molecule has 0 bridgehead atoms. The molecule has 0 amide bonds. The Bertz CT molecular complexity index is 794. The molecule has 0 N–H and O–H groups in total. The van der Waals surface area contributed by atoms with Crippen LogP contribution >= 0.6 is 18.8 Å². The Morgan fingerprint density at radius 3 is 2.13 bits per heavy atom. The first kappa shape index (κ1) is 16.4. The van der Waals surface area contributed by atoms with Gasteiger partial charge < -0.3 is 4.44 Å². The molecule has 0 fully saturated rings. The average molecular weight is 339 g/mol. The van der Waals surface area contributed by atoms with Crippen LogP contribution in [0.5, 0.6) is 0 Å². The van der Waals surface area contributed by atoms with Crippen LogP contribution in [-0.4, -0.2) is 0 Å². The quantitative estimate of drug-likeness (QED) is 0.498. The fourth-order valence-electron chi connectivity index (χ4n) is 2.84. The van der Waals surface area contributed by atoms with Gasteiger partial charge >= 0.3 is 0 Å². The van der Waals surface area contributed by atoms with E-state index in [1.54, 1.807) is 0 Å². The molecule has 0 spiro atoms. The molecule has 0 heterocycles. The van der Waals surface area contributed by atoms with Gasteiger partial charge in [0.25, 0.3) is 0 Å². The topological polar surface area (TPSA) is 3.24 Å². The van der Waals surface area contributed by atoms with Crippen molar-refractivity contribution in [3.63, 3.8) is 0 Å². The third-order valence-corrected chi connectivity index (χ3v) is 4.82. The lowest BCUT2D eigenvalue weighted by Gasteiger charge is -2.12. The van der Waals surface area contributed by atoms with Crippen LogP contribution in [0, 0.1) is 0 Å². The van der Waals surface area contributed by atoms with E-state index in [1.807, 2.05) is 4.44 Å². The summed E-state index contributed by atoms with van der Waals surface area (Å²) in [6.45, 7) is 2.24. The van der Waals surface area contributed by atoms with Crippen molar-refractivity contribution in [2.24, 2.45) is 0 Å². The van der Waals surface area contributed by atoms with Gasteiger partial charge in [0.15, 0.2) is 0 Å². The molecule has 0 saturated heterocycles. The highest BCUT2D eigenvalue weighted by atomic mass is 31.1. The first-order valence-electron chi connectivity index (χ1n) is 8.10. The second-order valence-corrected chi connectivity index (χ2v) is 7.66. The Labute approximate surface area is 143 Å². The standard InChI is InChI=1S/C20H23NP2/c1-2-3-4-15-5-6-19-14-18(8-7-17(19)13-15)16-9-11-20(12-10-16)21(22)23/h5-14H,2-4,22-23H2,1H3. The van der Waals surface area contributed by atoms with Crippen molar-refractivity contribution in [2.45, 2.75) is 26.2 Å². The maximum absolute atomic E-state index is 2.65. The molecule has 2 atom stereocenters. The maximum Gasteiger partial charge on any atom is 0.0423 e. The summed E-state index contributed by atoms with van der Waals surface area (Å²) in [7, 11) is 5.30. The van der Waals surface area contributed by atoms with Crippen LogP contribution in [0.1, 0.15) is 25.3 Å². The molecule has 0 radical (unpaired) electrons. The van der Waals surface area contributed by atoms with Gasteiger partial charge in [0.1, 0.15) is 0 Å². The van der Waals surface area contributed by atoms with Gasteiger partial charge in [-0.05, 0) is 77.3 Å². The van der Waals surface area contributed by atoms with E-state index < -0.39 is 0 Å². The molecule has 3 rings (SSSR count). The second-order valence-electron chi connectivity index (χ2n) is 5.95. The first-order valence-corrected chi connectivity index (χ1v) is 9.13. The zero-order valence-electron chi connectivity index (χ0n) is 13.5. The Kier molecular flexibility index (Phi) is 5.31. The van der Waals surface area contributed by atoms with Crippen LogP contribution in [0.2, 0.25) is 0 Å². The molecule has 0 aliphatic carbocycles. The number of hydrogen-bond donors (Lipinski definition) is 0. The molecule has 3 aromatic rings. The highest BCUT2D eigenvalue weighted by molar-refractivity contribution is 7.39. The zero-order chi connectivity index (χ0) is 16.2. The number of aryl methyl sites for hydroxylation is 1. The van der Waals surface area contributed by atoms with Gasteiger partial charge in [-0.15, -0.1) is 0 Å². The number of hydrogen-bond acceptors (Lipinski definition) is 1. The number of rotatable bonds is 5. The van der Waals surface area contributed by atoms with Gasteiger partial charge in [-0.1, -0.05) is 55.8 Å². The van der Waals surface area contributed by atoms with E-state index in [-0.39, 0.29) is 0 Å². The smallest absolute Gasteiger partial charge is 0.0423 e. The summed E-state index contributed by atoms with van der Waals surface area (Å²) in [5.41, 5.74) is 5.12. The van der Waals surface area contributed by atoms with Crippen molar-refractivity contribution >= 4 is 35.2 Å². The fourth-order valence-corrected chi connectivity index (χ4v) is 3.18. The van der Waals surface area contributed by atoms with Crippen molar-refractivity contribution in [1.29, 1.82) is 0 Å². The van der Waals surface area contributed by atoms with Crippen molar-refractivity contribution in [1.82, 2.24) is 0 Å². The van der Waals surface area contributed by atoms with E-state index in [0.717, 1.165) is 5.69 Å². The Morgan fingerprint density at radius 1 is 0.783 bits per heavy atom. The summed E-state index contributed by atoms with van der Waals surface area (Å²) in [6, 6.07) is 22.2. The average Bonchev–Trinajstić information content (AvgIpc) is 2.59. The van der Waals surface area contributed by atoms with Crippen LogP contribution < -0.4 is 4.44 Å². The number of anilines is 1. The molecule has 118 valence electrons. The van der Waals surface area contributed by atoms with Gasteiger partial charge in [-0.3, -0.25) is 0 Å². The summed E-state index contributed by atoms with van der Waals surface area (Å²) in [4.78, 5) is 0. The van der Waals surface area contributed by atoms with Crippen molar-refractivity contribution in [3.8, 4) is 11.1 Å². The molecule has 3 heteroatoms. The summed E-state index contributed by atoms with van der Waals surface area (Å²) >= 11 is 0. The van der Waals surface area contributed by atoms with Crippen LogP contribution in [0.25, 0.3) is 21.9 Å². The summed E-state index contributed by atoms with van der Waals surface area (Å²) in [5.74, 6) is 0. The zero-order valence-corrected chi connectivity index (χ0v) is 15.8. The molecule has 1 nitrogen and oxygen atoms in total. The van der Waals surface area contributed by atoms with E-state index in [1.165, 1.54) is 46.7 Å². The fraction of sp³-hybridized carbons (Fsp3) is 0.200. The Balaban J connectivity index is 1.90. The van der Waals surface area contributed by atoms with Gasteiger partial charge in [-0.25, -0.2) is 0 Å². The van der Waals surface area contributed by atoms with E-state index in [0.29, 0.717) is 0 Å². The number of unbranched alkanes of at least 4 members (excludes halogenated alkanes) is 1. The van der Waals surface area contributed by atoms with Crippen LogP contribution in [0.15, 0.2) is 60.7 Å². The molecule has 0 saturated carbocycles. The van der Waals surface area contributed by atoms with E-state index >= 15 is 0 Å². The first-order chi connectivity index (χ1) is 11.2. The third-order valence-electron chi connectivity index (χ3n) is 4.22. The van der Waals surface area contributed by atoms with Gasteiger partial charge in [0, 0.05) is 5.69 Å². The van der Waals surface area contributed by atoms with E-state index in [9.17, 15) is 0 Å².